The number of halogens is 3. The van der Waals surface area contributed by atoms with E-state index in [4.69, 9.17) is 23.2 Å². The number of benzene rings is 2. The molecule has 1 N–H and O–H groups in total. The van der Waals surface area contributed by atoms with E-state index in [1.807, 2.05) is 19.9 Å². The van der Waals surface area contributed by atoms with E-state index in [9.17, 15) is 9.90 Å². The van der Waals surface area contributed by atoms with Crippen molar-refractivity contribution < 1.29 is 5.11 Å². The summed E-state index contributed by atoms with van der Waals surface area (Å²) in [6.45, 7) is 4.02. The molecular formula is C19H16BrCl2N3O2. The molecule has 1 atom stereocenters. The van der Waals surface area contributed by atoms with Crippen molar-refractivity contribution in [2.75, 3.05) is 0 Å². The van der Waals surface area contributed by atoms with Crippen molar-refractivity contribution in [3.05, 3.63) is 66.6 Å². The maximum Gasteiger partial charge on any atom is 0.282 e. The first kappa shape index (κ1) is 19.9. The Morgan fingerprint density at radius 2 is 1.96 bits per heavy atom. The molecule has 0 aliphatic carbocycles. The summed E-state index contributed by atoms with van der Waals surface area (Å²) in [6, 6.07) is 8.42. The molecule has 3 rings (SSSR count). The van der Waals surface area contributed by atoms with Gasteiger partial charge in [0.05, 0.1) is 27.2 Å². The van der Waals surface area contributed by atoms with E-state index in [1.54, 1.807) is 12.1 Å². The normalized spacial score (nSPS) is 12.8. The van der Waals surface area contributed by atoms with Gasteiger partial charge in [0.25, 0.3) is 5.56 Å². The first-order valence-electron chi connectivity index (χ1n) is 8.26. The van der Waals surface area contributed by atoms with Gasteiger partial charge in [0.2, 0.25) is 0 Å². The van der Waals surface area contributed by atoms with Gasteiger partial charge in [-0.25, -0.2) is 4.98 Å². The molecule has 0 spiro atoms. The van der Waals surface area contributed by atoms with Crippen LogP contribution in [0.15, 0.2) is 44.7 Å². The number of phenols is 1. The number of aromatic nitrogens is 2. The van der Waals surface area contributed by atoms with Gasteiger partial charge in [-0.1, -0.05) is 53.0 Å². The van der Waals surface area contributed by atoms with E-state index in [0.717, 1.165) is 10.9 Å². The minimum Gasteiger partial charge on any atom is -0.505 e. The molecule has 0 radical (unpaired) electrons. The molecule has 1 aromatic heterocycles. The number of hydrogen-bond acceptors (Lipinski definition) is 4. The predicted octanol–water partition coefficient (Wildman–Crippen LogP) is 5.57. The van der Waals surface area contributed by atoms with Crippen LogP contribution in [0.2, 0.25) is 10.0 Å². The second-order valence-corrected chi connectivity index (χ2v) is 7.87. The van der Waals surface area contributed by atoms with Gasteiger partial charge in [-0.05, 0) is 42.3 Å². The molecule has 0 bridgehead atoms. The van der Waals surface area contributed by atoms with Crippen LogP contribution in [-0.4, -0.2) is 21.0 Å². The molecule has 5 nitrogen and oxygen atoms in total. The van der Waals surface area contributed by atoms with Crippen molar-refractivity contribution in [2.24, 2.45) is 5.10 Å². The van der Waals surface area contributed by atoms with E-state index in [2.05, 4.69) is 26.0 Å². The van der Waals surface area contributed by atoms with Crippen LogP contribution in [-0.2, 0) is 0 Å². The second kappa shape index (κ2) is 8.00. The average molecular weight is 469 g/mol. The summed E-state index contributed by atoms with van der Waals surface area (Å²) in [4.78, 5) is 17.7. The lowest BCUT2D eigenvalue weighted by molar-refractivity contribution is 0.476. The minimum atomic E-state index is -0.260. The molecule has 0 fully saturated rings. The van der Waals surface area contributed by atoms with Crippen molar-refractivity contribution in [3.63, 3.8) is 0 Å². The first-order valence-corrected chi connectivity index (χ1v) is 9.81. The zero-order valence-corrected chi connectivity index (χ0v) is 17.7. The second-order valence-electron chi connectivity index (χ2n) is 6.14. The maximum atomic E-state index is 13.0. The molecule has 0 saturated carbocycles. The Kier molecular flexibility index (Phi) is 5.89. The molecule has 8 heteroatoms. The number of nitrogens with zero attached hydrogens (tertiary/aromatic N) is 3. The quantitative estimate of drug-likeness (QED) is 0.509. The number of rotatable bonds is 4. The smallest absolute Gasteiger partial charge is 0.282 e. The summed E-state index contributed by atoms with van der Waals surface area (Å²) < 4.78 is 2.09. The van der Waals surface area contributed by atoms with Crippen LogP contribution in [0, 0.1) is 0 Å². The third-order valence-corrected chi connectivity index (χ3v) is 5.32. The Hall–Kier alpha value is -1.89. The standard InChI is InChI=1S/C19H16BrCl2N3O2/c1-3-10(2)18-24-16-5-4-12(20)8-13(16)19(27)25(18)23-9-11-6-14(21)17(26)15(22)7-11/h4-10,26H,3H2,1-2H3/t10-/m1/s1. The van der Waals surface area contributed by atoms with Crippen LogP contribution in [0.5, 0.6) is 5.75 Å². The fraction of sp³-hybridized carbons (Fsp3) is 0.211. The third kappa shape index (κ3) is 4.03. The molecule has 0 saturated heterocycles. The summed E-state index contributed by atoms with van der Waals surface area (Å²) in [6.07, 6.45) is 2.27. The van der Waals surface area contributed by atoms with Gasteiger partial charge < -0.3 is 5.11 Å². The molecule has 2 aromatic carbocycles. The monoisotopic (exact) mass is 467 g/mol. The van der Waals surface area contributed by atoms with Gasteiger partial charge in [-0.2, -0.15) is 9.78 Å². The minimum absolute atomic E-state index is 0.0369. The SMILES string of the molecule is CC[C@@H](C)c1nc2ccc(Br)cc2c(=O)n1N=Cc1cc(Cl)c(O)c(Cl)c1. The van der Waals surface area contributed by atoms with Gasteiger partial charge in [-0.15, -0.1) is 0 Å². The Balaban J connectivity index is 2.19. The van der Waals surface area contributed by atoms with Crippen LogP contribution in [0.4, 0.5) is 0 Å². The largest absolute Gasteiger partial charge is 0.505 e. The summed E-state index contributed by atoms with van der Waals surface area (Å²) >= 11 is 15.3. The summed E-state index contributed by atoms with van der Waals surface area (Å²) in [5, 5.41) is 14.7. The fourth-order valence-corrected chi connectivity index (χ4v) is 3.43. The fourth-order valence-electron chi connectivity index (χ4n) is 2.56. The highest BCUT2D eigenvalue weighted by Gasteiger charge is 2.15. The van der Waals surface area contributed by atoms with Crippen molar-refractivity contribution in [1.82, 2.24) is 9.66 Å². The maximum absolute atomic E-state index is 13.0. The highest BCUT2D eigenvalue weighted by Crippen LogP contribution is 2.32. The molecule has 1 heterocycles. The molecule has 0 aliphatic heterocycles. The number of phenolic OH excluding ortho intramolecular Hbond substituents is 1. The van der Waals surface area contributed by atoms with Crippen LogP contribution in [0.25, 0.3) is 10.9 Å². The van der Waals surface area contributed by atoms with Crippen LogP contribution < -0.4 is 5.56 Å². The zero-order chi connectivity index (χ0) is 19.7. The molecule has 0 amide bonds. The summed E-state index contributed by atoms with van der Waals surface area (Å²) in [5.74, 6) is 0.421. The molecular weight excluding hydrogens is 453 g/mol. The average Bonchev–Trinajstić information content (AvgIpc) is 2.64. The van der Waals surface area contributed by atoms with E-state index in [0.29, 0.717) is 22.3 Å². The number of aromatic hydroxyl groups is 1. The van der Waals surface area contributed by atoms with Gasteiger partial charge in [0.1, 0.15) is 5.82 Å². The first-order chi connectivity index (χ1) is 12.8. The van der Waals surface area contributed by atoms with Gasteiger partial charge in [0, 0.05) is 10.4 Å². The number of hydrogen-bond donors (Lipinski definition) is 1. The summed E-state index contributed by atoms with van der Waals surface area (Å²) in [7, 11) is 0. The van der Waals surface area contributed by atoms with E-state index in [-0.39, 0.29) is 27.3 Å². The van der Waals surface area contributed by atoms with Crippen molar-refractivity contribution in [1.29, 1.82) is 0 Å². The lowest BCUT2D eigenvalue weighted by Gasteiger charge is -2.14. The lowest BCUT2D eigenvalue weighted by Crippen LogP contribution is -2.23. The molecule has 0 unspecified atom stereocenters. The Morgan fingerprint density at radius 1 is 1.30 bits per heavy atom. The molecule has 27 heavy (non-hydrogen) atoms. The van der Waals surface area contributed by atoms with E-state index < -0.39 is 0 Å². The van der Waals surface area contributed by atoms with E-state index >= 15 is 0 Å². The Bertz CT molecular complexity index is 1090. The topological polar surface area (TPSA) is 67.5 Å². The zero-order valence-electron chi connectivity index (χ0n) is 14.6. The molecule has 140 valence electrons. The number of fused-ring (bicyclic) bond motifs is 1. The van der Waals surface area contributed by atoms with Crippen LogP contribution in [0.1, 0.15) is 37.6 Å². The third-order valence-electron chi connectivity index (χ3n) is 4.25. The highest BCUT2D eigenvalue weighted by atomic mass is 79.9. The van der Waals surface area contributed by atoms with Crippen molar-refractivity contribution in [2.45, 2.75) is 26.2 Å². The molecule has 0 aliphatic rings. The lowest BCUT2D eigenvalue weighted by atomic mass is 10.1. The van der Waals surface area contributed by atoms with Gasteiger partial charge in [-0.3, -0.25) is 4.79 Å². The predicted molar refractivity (Wildman–Crippen MR) is 114 cm³/mol. The van der Waals surface area contributed by atoms with Crippen molar-refractivity contribution >= 4 is 56.2 Å². The van der Waals surface area contributed by atoms with Gasteiger partial charge in [0.15, 0.2) is 5.75 Å². The Labute approximate surface area is 174 Å². The van der Waals surface area contributed by atoms with Crippen molar-refractivity contribution in [3.8, 4) is 5.75 Å². The Morgan fingerprint density at radius 3 is 2.59 bits per heavy atom. The summed E-state index contributed by atoms with van der Waals surface area (Å²) in [5.41, 5.74) is 0.920. The van der Waals surface area contributed by atoms with E-state index in [1.165, 1.54) is 23.0 Å². The van der Waals surface area contributed by atoms with Gasteiger partial charge >= 0.3 is 0 Å². The molecule has 3 aromatic rings. The van der Waals surface area contributed by atoms with Crippen LogP contribution in [0.3, 0.4) is 0 Å². The highest BCUT2D eigenvalue weighted by molar-refractivity contribution is 9.10. The van der Waals surface area contributed by atoms with Crippen LogP contribution >= 0.6 is 39.1 Å².